The van der Waals surface area contributed by atoms with Gasteiger partial charge in [-0.1, -0.05) is 11.6 Å². The third kappa shape index (κ3) is 6.82. The summed E-state index contributed by atoms with van der Waals surface area (Å²) in [6, 6.07) is 18.7. The van der Waals surface area contributed by atoms with Gasteiger partial charge in [-0.3, -0.25) is 39.1 Å². The first-order valence-corrected chi connectivity index (χ1v) is 19.3. The van der Waals surface area contributed by atoms with E-state index in [2.05, 4.69) is 38.2 Å². The van der Waals surface area contributed by atoms with E-state index in [9.17, 15) is 29.2 Å². The first kappa shape index (κ1) is 35.8. The van der Waals surface area contributed by atoms with Gasteiger partial charge in [0.1, 0.15) is 12.1 Å². The number of fused-ring (bicyclic) bond motifs is 2. The van der Waals surface area contributed by atoms with Crippen LogP contribution in [0.3, 0.4) is 0 Å². The lowest BCUT2D eigenvalue weighted by Crippen LogP contribution is -2.54. The molecule has 0 bridgehead atoms. The van der Waals surface area contributed by atoms with Crippen LogP contribution in [0, 0.1) is 11.3 Å². The summed E-state index contributed by atoms with van der Waals surface area (Å²) in [4.78, 5) is 74.4. The lowest BCUT2D eigenvalue weighted by atomic mass is 10.0. The monoisotopic (exact) mass is 747 g/mol. The molecule has 3 aromatic carbocycles. The van der Waals surface area contributed by atoms with Crippen LogP contribution in [-0.2, 0) is 22.7 Å². The fourth-order valence-electron chi connectivity index (χ4n) is 8.67. The van der Waals surface area contributed by atoms with Crippen LogP contribution in [-0.4, -0.2) is 95.6 Å². The molecule has 0 saturated carbocycles. The number of nitrogens with zero attached hydrogens (tertiary/aromatic N) is 6. The number of halogens is 1. The lowest BCUT2D eigenvalue weighted by molar-refractivity contribution is -0.136. The third-order valence-electron chi connectivity index (χ3n) is 11.7. The Kier molecular flexibility index (Phi) is 9.85. The largest absolute Gasteiger partial charge is 0.371 e. The predicted molar refractivity (Wildman–Crippen MR) is 202 cm³/mol. The normalized spacial score (nSPS) is 21.3. The molecule has 5 aliphatic rings. The van der Waals surface area contributed by atoms with Gasteiger partial charge in [0.25, 0.3) is 17.7 Å². The summed E-state index contributed by atoms with van der Waals surface area (Å²) in [6.45, 7) is 6.28. The summed E-state index contributed by atoms with van der Waals surface area (Å²) in [5, 5.41) is 12.0. The number of nitriles is 1. The minimum atomic E-state index is -0.975. The summed E-state index contributed by atoms with van der Waals surface area (Å²) in [6.07, 6.45) is 4.93. The van der Waals surface area contributed by atoms with Gasteiger partial charge in [-0.2, -0.15) is 5.26 Å². The van der Waals surface area contributed by atoms with Crippen LogP contribution in [0.2, 0.25) is 5.02 Å². The summed E-state index contributed by atoms with van der Waals surface area (Å²) in [7, 11) is 0. The van der Waals surface area contributed by atoms with Gasteiger partial charge in [0, 0.05) is 81.8 Å². The Labute approximate surface area is 319 Å². The minimum Gasteiger partial charge on any atom is -0.371 e. The average Bonchev–Trinajstić information content (AvgIpc) is 3.74. The van der Waals surface area contributed by atoms with Gasteiger partial charge >= 0.3 is 0 Å². The highest BCUT2D eigenvalue weighted by molar-refractivity contribution is 6.32. The van der Waals surface area contributed by atoms with Crippen molar-refractivity contribution in [3.05, 3.63) is 93.0 Å². The first-order valence-electron chi connectivity index (χ1n) is 18.9. The maximum atomic E-state index is 13.6. The Balaban J connectivity index is 0.836. The van der Waals surface area contributed by atoms with Crippen LogP contribution in [0.25, 0.3) is 0 Å². The molecule has 0 aromatic heterocycles. The second kappa shape index (κ2) is 14.9. The maximum absolute atomic E-state index is 13.6. The average molecular weight is 748 g/mol. The number of nitrogens with one attached hydrogen (secondary N) is 1. The SMILES string of the molecule is N#Cc1ccc(N2CCCCN(c3ccc(C(=O)N4CCC(N5Cc6cc7c(cc6C5)C(=O)N(C5CCC(=O)NC5=O)C7=O)CC4)cc3)CCC2)cc1Cl. The zero-order chi connectivity index (χ0) is 37.5. The van der Waals surface area contributed by atoms with E-state index in [1.165, 1.54) is 0 Å². The molecular formula is C41H42ClN7O5. The van der Waals surface area contributed by atoms with Gasteiger partial charge in [-0.15, -0.1) is 0 Å². The van der Waals surface area contributed by atoms with Crippen molar-refractivity contribution in [3.8, 4) is 6.07 Å². The van der Waals surface area contributed by atoms with Gasteiger partial charge in [-0.05, 0) is 104 Å². The van der Waals surface area contributed by atoms with Crippen LogP contribution in [0.4, 0.5) is 11.4 Å². The minimum absolute atomic E-state index is 0.0416. The molecule has 54 heavy (non-hydrogen) atoms. The number of likely N-dealkylation sites (tertiary alicyclic amines) is 1. The van der Waals surface area contributed by atoms with E-state index >= 15 is 0 Å². The van der Waals surface area contributed by atoms with E-state index in [4.69, 9.17) is 11.6 Å². The highest BCUT2D eigenvalue weighted by Gasteiger charge is 2.45. The van der Waals surface area contributed by atoms with Crippen molar-refractivity contribution in [1.29, 1.82) is 5.26 Å². The second-order valence-electron chi connectivity index (χ2n) is 14.9. The van der Waals surface area contributed by atoms with Crippen LogP contribution in [0.5, 0.6) is 0 Å². The summed E-state index contributed by atoms with van der Waals surface area (Å²) in [5.74, 6) is -1.93. The van der Waals surface area contributed by atoms with Crippen molar-refractivity contribution in [3.63, 3.8) is 0 Å². The van der Waals surface area contributed by atoms with Crippen molar-refractivity contribution < 1.29 is 24.0 Å². The molecule has 5 heterocycles. The zero-order valence-electron chi connectivity index (χ0n) is 30.1. The van der Waals surface area contributed by atoms with E-state index < -0.39 is 29.7 Å². The maximum Gasteiger partial charge on any atom is 0.262 e. The standard InChI is InChI=1S/C41H42ClN7O5/c42-35-22-32(9-6-27(35)23-43)46-15-2-1-14-45(16-3-17-46)30-7-4-26(5-8-30)39(52)47-18-12-31(13-19-47)48-24-28-20-33-34(21-29(28)25-48)41(54)49(40(33)53)36-10-11-37(50)44-38(36)51/h4-9,20-22,31,36H,1-3,10-19,24-25H2,(H,44,50,51). The fourth-order valence-corrected chi connectivity index (χ4v) is 8.89. The van der Waals surface area contributed by atoms with E-state index in [1.807, 2.05) is 29.2 Å². The quantitative estimate of drug-likeness (QED) is 0.368. The number of benzene rings is 3. The van der Waals surface area contributed by atoms with Crippen molar-refractivity contribution in [2.24, 2.45) is 0 Å². The molecule has 8 rings (SSSR count). The number of carbonyl (C=O) groups is 5. The molecule has 1 atom stereocenters. The van der Waals surface area contributed by atoms with Crippen molar-refractivity contribution >= 4 is 52.5 Å². The fraction of sp³-hybridized carbons (Fsp3) is 0.415. The molecule has 0 spiro atoms. The predicted octanol–water partition coefficient (Wildman–Crippen LogP) is 4.73. The van der Waals surface area contributed by atoms with E-state index in [-0.39, 0.29) is 24.8 Å². The highest BCUT2D eigenvalue weighted by Crippen LogP contribution is 2.35. The van der Waals surface area contributed by atoms with Crippen molar-refractivity contribution in [2.75, 3.05) is 49.1 Å². The Hall–Kier alpha value is -5.25. The number of amides is 5. The molecule has 0 aliphatic carbocycles. The van der Waals surface area contributed by atoms with Gasteiger partial charge in [-0.25, -0.2) is 0 Å². The molecule has 12 nitrogen and oxygen atoms in total. The Morgan fingerprint density at radius 2 is 1.33 bits per heavy atom. The molecular weight excluding hydrogens is 706 g/mol. The Bertz CT molecular complexity index is 2030. The molecule has 3 fully saturated rings. The number of hydrogen-bond acceptors (Lipinski definition) is 9. The van der Waals surface area contributed by atoms with Crippen molar-refractivity contribution in [2.45, 2.75) is 70.1 Å². The Morgan fingerprint density at radius 1 is 0.741 bits per heavy atom. The third-order valence-corrected chi connectivity index (χ3v) is 12.0. The van der Waals surface area contributed by atoms with E-state index in [0.29, 0.717) is 53.5 Å². The van der Waals surface area contributed by atoms with E-state index in [0.717, 1.165) is 85.7 Å². The summed E-state index contributed by atoms with van der Waals surface area (Å²) < 4.78 is 0. The van der Waals surface area contributed by atoms with Crippen LogP contribution < -0.4 is 15.1 Å². The molecule has 0 radical (unpaired) electrons. The molecule has 5 aliphatic heterocycles. The number of hydrogen-bond donors (Lipinski definition) is 1. The molecule has 278 valence electrons. The number of anilines is 2. The molecule has 1 N–H and O–H groups in total. The van der Waals surface area contributed by atoms with Crippen molar-refractivity contribution in [1.82, 2.24) is 20.0 Å². The molecule has 3 aromatic rings. The van der Waals surface area contributed by atoms with Gasteiger partial charge in [0.05, 0.1) is 21.7 Å². The highest BCUT2D eigenvalue weighted by atomic mass is 35.5. The number of carbonyl (C=O) groups excluding carboxylic acids is 5. The lowest BCUT2D eigenvalue weighted by Gasteiger charge is -2.36. The van der Waals surface area contributed by atoms with Crippen LogP contribution in [0.15, 0.2) is 54.6 Å². The molecule has 5 amide bonds. The van der Waals surface area contributed by atoms with Crippen LogP contribution in [0.1, 0.15) is 92.7 Å². The number of piperidine rings is 2. The molecule has 13 heteroatoms. The summed E-state index contributed by atoms with van der Waals surface area (Å²) in [5.41, 5.74) is 5.98. The zero-order valence-corrected chi connectivity index (χ0v) is 30.8. The first-order chi connectivity index (χ1) is 26.2. The second-order valence-corrected chi connectivity index (χ2v) is 15.3. The topological polar surface area (TPSA) is 137 Å². The van der Waals surface area contributed by atoms with Gasteiger partial charge in [0.15, 0.2) is 0 Å². The summed E-state index contributed by atoms with van der Waals surface area (Å²) >= 11 is 6.32. The van der Waals surface area contributed by atoms with Crippen LogP contribution >= 0.6 is 11.6 Å². The number of imide groups is 2. The Morgan fingerprint density at radius 3 is 1.93 bits per heavy atom. The van der Waals surface area contributed by atoms with Gasteiger partial charge < -0.3 is 14.7 Å². The molecule has 3 saturated heterocycles. The van der Waals surface area contributed by atoms with Gasteiger partial charge in [0.2, 0.25) is 11.8 Å². The molecule has 1 unspecified atom stereocenters. The number of rotatable bonds is 5. The smallest absolute Gasteiger partial charge is 0.262 e. The van der Waals surface area contributed by atoms with E-state index in [1.54, 1.807) is 18.2 Å².